The second-order valence-corrected chi connectivity index (χ2v) is 7.83. The number of carboxylic acid groups (broad SMARTS) is 1. The van der Waals surface area contributed by atoms with Crippen LogP contribution in [0.15, 0.2) is 59.6 Å². The van der Waals surface area contributed by atoms with Crippen molar-refractivity contribution >= 4 is 27.4 Å². The zero-order chi connectivity index (χ0) is 18.2. The van der Waals surface area contributed by atoms with Gasteiger partial charge in [0.1, 0.15) is 11.5 Å². The molecule has 0 unspecified atom stereocenters. The lowest BCUT2D eigenvalue weighted by Gasteiger charge is -2.09. The Morgan fingerprint density at radius 3 is 2.20 bits per heavy atom. The van der Waals surface area contributed by atoms with Crippen LogP contribution in [-0.4, -0.2) is 30.2 Å². The number of imidazole rings is 1. The molecule has 0 saturated carbocycles. The molecule has 0 atom stereocenters. The van der Waals surface area contributed by atoms with Crippen molar-refractivity contribution in [3.05, 3.63) is 65.4 Å². The largest absolute Gasteiger partial charge is 0.543 e. The molecule has 0 N–H and O–H groups in total. The fraction of sp³-hybridized carbons (Fsp3) is 0.0588. The number of hydrogen-bond donors (Lipinski definition) is 0. The van der Waals surface area contributed by atoms with Gasteiger partial charge in [0.15, 0.2) is 9.84 Å². The van der Waals surface area contributed by atoms with Crippen molar-refractivity contribution in [3.8, 4) is 17.1 Å². The van der Waals surface area contributed by atoms with Gasteiger partial charge >= 0.3 is 0 Å². The standard InChI is InChI=1S/C17H13ClN2O4S/c1-25(23,24)14-8-6-13(7-9-14)20-10-15(17(21)22)19-16(20)11-2-4-12(18)5-3-11/h2-10H,1H3,(H,21,22)/p-1. The number of nitrogens with zero attached hydrogens (tertiary/aromatic N) is 2. The number of sulfone groups is 1. The van der Waals surface area contributed by atoms with Crippen LogP contribution in [-0.2, 0) is 9.84 Å². The van der Waals surface area contributed by atoms with E-state index in [0.717, 1.165) is 6.26 Å². The van der Waals surface area contributed by atoms with Crippen LogP contribution >= 0.6 is 11.6 Å². The topological polar surface area (TPSA) is 92.1 Å². The number of rotatable bonds is 4. The van der Waals surface area contributed by atoms with E-state index in [0.29, 0.717) is 22.1 Å². The van der Waals surface area contributed by atoms with Crippen LogP contribution in [0.3, 0.4) is 0 Å². The van der Waals surface area contributed by atoms with Crippen LogP contribution in [0.25, 0.3) is 17.1 Å². The van der Waals surface area contributed by atoms with Gasteiger partial charge in [0.2, 0.25) is 0 Å². The summed E-state index contributed by atoms with van der Waals surface area (Å²) < 4.78 is 24.7. The summed E-state index contributed by atoms with van der Waals surface area (Å²) in [7, 11) is -3.32. The third-order valence-corrected chi connectivity index (χ3v) is 4.94. The second-order valence-electron chi connectivity index (χ2n) is 5.38. The third-order valence-electron chi connectivity index (χ3n) is 3.56. The molecule has 6 nitrogen and oxygen atoms in total. The molecule has 2 aromatic carbocycles. The summed E-state index contributed by atoms with van der Waals surface area (Å²) >= 11 is 5.88. The highest BCUT2D eigenvalue weighted by Gasteiger charge is 2.14. The first-order chi connectivity index (χ1) is 11.8. The molecule has 25 heavy (non-hydrogen) atoms. The molecule has 128 valence electrons. The van der Waals surface area contributed by atoms with Crippen LogP contribution in [0.4, 0.5) is 0 Å². The van der Waals surface area contributed by atoms with Gasteiger partial charge in [-0.15, -0.1) is 0 Å². The molecule has 0 fully saturated rings. The van der Waals surface area contributed by atoms with Gasteiger partial charge in [-0.3, -0.25) is 4.57 Å². The van der Waals surface area contributed by atoms with Crippen LogP contribution in [0, 0.1) is 0 Å². The maximum atomic E-state index is 11.6. The summed E-state index contributed by atoms with van der Waals surface area (Å²) in [5, 5.41) is 11.7. The number of halogens is 1. The van der Waals surface area contributed by atoms with Crippen molar-refractivity contribution in [1.29, 1.82) is 0 Å². The summed E-state index contributed by atoms with van der Waals surface area (Å²) in [6.45, 7) is 0. The quantitative estimate of drug-likeness (QED) is 0.695. The molecule has 3 rings (SSSR count). The van der Waals surface area contributed by atoms with E-state index in [1.165, 1.54) is 18.3 Å². The number of carbonyl (C=O) groups excluding carboxylic acids is 1. The van der Waals surface area contributed by atoms with E-state index in [1.54, 1.807) is 41.0 Å². The molecule has 0 radical (unpaired) electrons. The molecule has 0 aliphatic rings. The van der Waals surface area contributed by atoms with Crippen molar-refractivity contribution in [2.75, 3.05) is 6.26 Å². The number of benzene rings is 2. The van der Waals surface area contributed by atoms with Gasteiger partial charge in [0.05, 0.1) is 10.9 Å². The van der Waals surface area contributed by atoms with Crippen molar-refractivity contribution in [3.63, 3.8) is 0 Å². The van der Waals surface area contributed by atoms with Crippen LogP contribution in [0.5, 0.6) is 0 Å². The molecule has 0 bridgehead atoms. The Kier molecular flexibility index (Phi) is 4.36. The van der Waals surface area contributed by atoms with Gasteiger partial charge in [-0.05, 0) is 48.5 Å². The molecular weight excluding hydrogens is 364 g/mol. The lowest BCUT2D eigenvalue weighted by molar-refractivity contribution is -0.255. The molecular formula is C17H12ClN2O4S-. The van der Waals surface area contributed by atoms with Crippen molar-refractivity contribution < 1.29 is 18.3 Å². The van der Waals surface area contributed by atoms with E-state index in [-0.39, 0.29) is 10.6 Å². The second kappa shape index (κ2) is 6.34. The van der Waals surface area contributed by atoms with E-state index in [9.17, 15) is 18.3 Å². The number of aromatic nitrogens is 2. The van der Waals surface area contributed by atoms with E-state index in [4.69, 9.17) is 11.6 Å². The lowest BCUT2D eigenvalue weighted by Crippen LogP contribution is -2.22. The molecule has 8 heteroatoms. The smallest absolute Gasteiger partial charge is 0.175 e. The summed E-state index contributed by atoms with van der Waals surface area (Å²) in [5.74, 6) is -1.02. The van der Waals surface area contributed by atoms with Gasteiger partial charge in [-0.25, -0.2) is 13.4 Å². The summed E-state index contributed by atoms with van der Waals surface area (Å²) in [6.07, 6.45) is 2.45. The predicted octanol–water partition coefficient (Wildman–Crippen LogP) is 1.96. The molecule has 1 heterocycles. The minimum absolute atomic E-state index is 0.171. The number of aromatic carboxylic acids is 1. The highest BCUT2D eigenvalue weighted by molar-refractivity contribution is 7.90. The van der Waals surface area contributed by atoms with Gasteiger partial charge in [0, 0.05) is 28.7 Å². The van der Waals surface area contributed by atoms with Crippen molar-refractivity contribution in [2.45, 2.75) is 4.90 Å². The maximum absolute atomic E-state index is 11.6. The van der Waals surface area contributed by atoms with E-state index >= 15 is 0 Å². The molecule has 0 aliphatic carbocycles. The predicted molar refractivity (Wildman–Crippen MR) is 91.5 cm³/mol. The Labute approximate surface area is 149 Å². The fourth-order valence-electron chi connectivity index (χ4n) is 2.33. The molecule has 0 saturated heterocycles. The highest BCUT2D eigenvalue weighted by Crippen LogP contribution is 2.25. The Hall–Kier alpha value is -2.64. The van der Waals surface area contributed by atoms with E-state index < -0.39 is 15.8 Å². The van der Waals surface area contributed by atoms with Crippen LogP contribution < -0.4 is 5.11 Å². The fourth-order valence-corrected chi connectivity index (χ4v) is 3.09. The Balaban J connectivity index is 2.14. The monoisotopic (exact) mass is 375 g/mol. The first kappa shape index (κ1) is 17.2. The summed E-state index contributed by atoms with van der Waals surface area (Å²) in [5.41, 5.74) is 0.999. The van der Waals surface area contributed by atoms with Gasteiger partial charge < -0.3 is 9.90 Å². The first-order valence-electron chi connectivity index (χ1n) is 7.13. The maximum Gasteiger partial charge on any atom is 0.175 e. The van der Waals surface area contributed by atoms with Gasteiger partial charge in [-0.2, -0.15) is 0 Å². The molecule has 1 aromatic heterocycles. The highest BCUT2D eigenvalue weighted by atomic mass is 35.5. The normalized spacial score (nSPS) is 11.4. The Morgan fingerprint density at radius 2 is 1.68 bits per heavy atom. The third kappa shape index (κ3) is 3.57. The minimum Gasteiger partial charge on any atom is -0.543 e. The summed E-state index contributed by atoms with van der Waals surface area (Å²) in [4.78, 5) is 15.4. The zero-order valence-corrected chi connectivity index (χ0v) is 14.6. The number of carbonyl (C=O) groups is 1. The molecule has 3 aromatic rings. The lowest BCUT2D eigenvalue weighted by atomic mass is 10.2. The Morgan fingerprint density at radius 1 is 1.08 bits per heavy atom. The van der Waals surface area contributed by atoms with Crippen LogP contribution in [0.2, 0.25) is 5.02 Å². The van der Waals surface area contributed by atoms with Gasteiger partial charge in [0.25, 0.3) is 0 Å². The average Bonchev–Trinajstić information content (AvgIpc) is 3.00. The zero-order valence-electron chi connectivity index (χ0n) is 13.0. The molecule has 0 spiro atoms. The van der Waals surface area contributed by atoms with E-state index in [2.05, 4.69) is 4.98 Å². The SMILES string of the molecule is CS(=O)(=O)c1ccc(-n2cc(C(=O)[O-])nc2-c2ccc(Cl)cc2)cc1. The Bertz CT molecular complexity index is 1040. The minimum atomic E-state index is -3.32. The number of carboxylic acids is 1. The summed E-state index contributed by atoms with van der Waals surface area (Å²) in [6, 6.07) is 12.8. The van der Waals surface area contributed by atoms with Crippen LogP contribution in [0.1, 0.15) is 10.5 Å². The van der Waals surface area contributed by atoms with Gasteiger partial charge in [-0.1, -0.05) is 11.6 Å². The average molecular weight is 376 g/mol. The van der Waals surface area contributed by atoms with Crippen molar-refractivity contribution in [2.24, 2.45) is 0 Å². The molecule has 0 aliphatic heterocycles. The number of hydrogen-bond acceptors (Lipinski definition) is 5. The first-order valence-corrected chi connectivity index (χ1v) is 9.40. The van der Waals surface area contributed by atoms with Crippen molar-refractivity contribution in [1.82, 2.24) is 9.55 Å². The van der Waals surface area contributed by atoms with E-state index in [1.807, 2.05) is 0 Å². The molecule has 0 amide bonds.